The zero-order chi connectivity index (χ0) is 24.9. The van der Waals surface area contributed by atoms with Crippen LogP contribution in [-0.2, 0) is 9.16 Å². The number of anilines is 1. The molecule has 33 heavy (non-hydrogen) atoms. The van der Waals surface area contributed by atoms with Gasteiger partial charge in [-0.1, -0.05) is 32.4 Å². The van der Waals surface area contributed by atoms with Gasteiger partial charge in [0.15, 0.2) is 19.7 Å². The predicted molar refractivity (Wildman–Crippen MR) is 132 cm³/mol. The Morgan fingerprint density at radius 3 is 2.45 bits per heavy atom. The van der Waals surface area contributed by atoms with Crippen molar-refractivity contribution in [1.29, 1.82) is 0 Å². The number of carbonyl (C=O) groups excluding carboxylic acids is 2. The number of ether oxygens (including phenoxy) is 1. The summed E-state index contributed by atoms with van der Waals surface area (Å²) in [5, 5.41) is 4.61. The molecular weight excluding hydrogens is 460 g/mol. The van der Waals surface area contributed by atoms with Crippen molar-refractivity contribution in [3.8, 4) is 0 Å². The molecular formula is C23H35ClN4O4Si. The number of hydrogen-bond donors (Lipinski definition) is 0. The van der Waals surface area contributed by atoms with E-state index in [1.54, 1.807) is 27.8 Å². The largest absolute Gasteiger partial charge is 0.443 e. The summed E-state index contributed by atoms with van der Waals surface area (Å²) < 4.78 is 13.3. The van der Waals surface area contributed by atoms with Crippen LogP contribution < -0.4 is 4.90 Å². The average Bonchev–Trinajstić information content (AvgIpc) is 3.20. The summed E-state index contributed by atoms with van der Waals surface area (Å²) in [6.07, 6.45) is 2.31. The van der Waals surface area contributed by atoms with Crippen LogP contribution in [0.4, 0.5) is 10.6 Å². The Labute approximate surface area is 201 Å². The second-order valence-electron chi connectivity index (χ2n) is 11.3. The molecule has 1 aliphatic rings. The van der Waals surface area contributed by atoms with Crippen LogP contribution in [-0.4, -0.2) is 53.5 Å². The number of hydrogen-bond acceptors (Lipinski definition) is 6. The van der Waals surface area contributed by atoms with Crippen molar-refractivity contribution >= 4 is 43.3 Å². The summed E-state index contributed by atoms with van der Waals surface area (Å²) in [6, 6.07) is 1.52. The maximum absolute atomic E-state index is 13.1. The number of Topliss-reactive ketones (excluding diaryl/α,β-unsaturated/α-hetero) is 1. The Morgan fingerprint density at radius 2 is 1.88 bits per heavy atom. The lowest BCUT2D eigenvalue weighted by atomic mass is 10.1. The summed E-state index contributed by atoms with van der Waals surface area (Å²) in [6.45, 7) is 16.5. The van der Waals surface area contributed by atoms with Crippen molar-refractivity contribution in [2.24, 2.45) is 5.92 Å². The van der Waals surface area contributed by atoms with Gasteiger partial charge < -0.3 is 9.16 Å². The third-order valence-corrected chi connectivity index (χ3v) is 11.0. The third kappa shape index (κ3) is 5.75. The van der Waals surface area contributed by atoms with Gasteiger partial charge in [-0.2, -0.15) is 9.61 Å². The van der Waals surface area contributed by atoms with Crippen molar-refractivity contribution in [2.45, 2.75) is 84.2 Å². The summed E-state index contributed by atoms with van der Waals surface area (Å²) in [5.74, 6) is 0.505. The summed E-state index contributed by atoms with van der Waals surface area (Å²) in [7, 11) is -0.306. The van der Waals surface area contributed by atoms with Gasteiger partial charge in [-0.3, -0.25) is 9.69 Å². The summed E-state index contributed by atoms with van der Waals surface area (Å²) in [5.41, 5.74) is 0.0505. The Kier molecular flexibility index (Phi) is 6.74. The van der Waals surface area contributed by atoms with Crippen molar-refractivity contribution in [3.05, 3.63) is 23.0 Å². The standard InChI is InChI=1S/C23H35ClN4O4Si/c1-22(2,3)31-21(30)27(7)19-12-18(24)26-20-15(13-25-28(19)20)16(29)10-14-11-17(14)32-33(8,9)23(4,5)6/h12-14,17H,10-11H2,1-9H3/t14?,17-/m0/s1. The SMILES string of the molecule is CN(C(=O)OC(C)(C)C)c1cc(Cl)nc2c(C(=O)CC3C[C@@H]3O[Si](C)(C)C(C)(C)C)cnn12. The highest BCUT2D eigenvalue weighted by Crippen LogP contribution is 2.45. The molecule has 2 aromatic heterocycles. The van der Waals surface area contributed by atoms with Gasteiger partial charge in [0.05, 0.1) is 11.8 Å². The van der Waals surface area contributed by atoms with Crippen molar-refractivity contribution in [1.82, 2.24) is 14.6 Å². The number of nitrogens with zero attached hydrogens (tertiary/aromatic N) is 4. The summed E-state index contributed by atoms with van der Waals surface area (Å²) in [4.78, 5) is 31.3. The smallest absolute Gasteiger partial charge is 0.415 e. The monoisotopic (exact) mass is 494 g/mol. The van der Waals surface area contributed by atoms with Crippen LogP contribution in [0.3, 0.4) is 0 Å². The molecule has 8 nitrogen and oxygen atoms in total. The van der Waals surface area contributed by atoms with E-state index >= 15 is 0 Å². The molecule has 1 amide bonds. The van der Waals surface area contributed by atoms with Crippen LogP contribution in [0, 0.1) is 5.92 Å². The van der Waals surface area contributed by atoms with Gasteiger partial charge in [-0.15, -0.1) is 0 Å². The second kappa shape index (κ2) is 8.67. The molecule has 0 bridgehead atoms. The molecule has 0 radical (unpaired) electrons. The molecule has 0 spiro atoms. The number of fused-ring (bicyclic) bond motifs is 1. The first-order chi connectivity index (χ1) is 15.0. The van der Waals surface area contributed by atoms with Gasteiger partial charge in [0, 0.05) is 25.6 Å². The second-order valence-corrected chi connectivity index (χ2v) is 16.5. The fourth-order valence-corrected chi connectivity index (χ4v) is 4.84. The van der Waals surface area contributed by atoms with Gasteiger partial charge in [0.25, 0.3) is 0 Å². The van der Waals surface area contributed by atoms with Crippen LogP contribution in [0.15, 0.2) is 12.3 Å². The average molecular weight is 495 g/mol. The van der Waals surface area contributed by atoms with Crippen LogP contribution in [0.1, 0.15) is 64.7 Å². The Balaban J connectivity index is 1.78. The maximum atomic E-state index is 13.1. The number of amides is 1. The summed E-state index contributed by atoms with van der Waals surface area (Å²) >= 11 is 6.24. The zero-order valence-electron chi connectivity index (χ0n) is 21.0. The maximum Gasteiger partial charge on any atom is 0.415 e. The molecule has 1 saturated carbocycles. The minimum atomic E-state index is -1.87. The van der Waals surface area contributed by atoms with Gasteiger partial charge in [-0.05, 0) is 51.2 Å². The van der Waals surface area contributed by atoms with Crippen molar-refractivity contribution < 1.29 is 18.8 Å². The van der Waals surface area contributed by atoms with Crippen LogP contribution in [0.2, 0.25) is 23.3 Å². The Hall–Kier alpha value is -1.97. The number of carbonyl (C=O) groups is 2. The van der Waals surface area contributed by atoms with E-state index in [-0.39, 0.29) is 28.0 Å². The van der Waals surface area contributed by atoms with Gasteiger partial charge in [0.2, 0.25) is 0 Å². The number of halogens is 1. The zero-order valence-corrected chi connectivity index (χ0v) is 22.8. The Bertz CT molecular complexity index is 1070. The minimum Gasteiger partial charge on any atom is -0.443 e. The molecule has 182 valence electrons. The fraction of sp³-hybridized carbons (Fsp3) is 0.652. The number of ketones is 1. The van der Waals surface area contributed by atoms with E-state index in [9.17, 15) is 9.59 Å². The molecule has 2 atom stereocenters. The molecule has 0 saturated heterocycles. The van der Waals surface area contributed by atoms with Gasteiger partial charge >= 0.3 is 6.09 Å². The molecule has 0 aromatic carbocycles. The van der Waals surface area contributed by atoms with Crippen LogP contribution in [0.5, 0.6) is 0 Å². The topological polar surface area (TPSA) is 86.0 Å². The molecule has 2 aromatic rings. The van der Waals surface area contributed by atoms with E-state index in [0.29, 0.717) is 23.4 Å². The lowest BCUT2D eigenvalue weighted by Crippen LogP contribution is -2.41. The molecule has 0 N–H and O–H groups in total. The first-order valence-electron chi connectivity index (χ1n) is 11.2. The van der Waals surface area contributed by atoms with E-state index in [2.05, 4.69) is 43.9 Å². The van der Waals surface area contributed by atoms with Crippen molar-refractivity contribution in [3.63, 3.8) is 0 Å². The molecule has 1 fully saturated rings. The quantitative estimate of drug-likeness (QED) is 0.289. The minimum absolute atomic E-state index is 0.0584. The highest BCUT2D eigenvalue weighted by Gasteiger charge is 2.47. The normalized spacial score (nSPS) is 19.0. The highest BCUT2D eigenvalue weighted by molar-refractivity contribution is 6.74. The van der Waals surface area contributed by atoms with Crippen LogP contribution in [0.25, 0.3) is 5.65 Å². The highest BCUT2D eigenvalue weighted by atomic mass is 35.5. The first kappa shape index (κ1) is 25.6. The van der Waals surface area contributed by atoms with Gasteiger partial charge in [-0.25, -0.2) is 9.78 Å². The van der Waals surface area contributed by atoms with Gasteiger partial charge in [0.1, 0.15) is 16.6 Å². The molecule has 0 aliphatic heterocycles. The fourth-order valence-electron chi connectivity index (χ4n) is 3.26. The molecule has 3 rings (SSSR count). The molecule has 2 heterocycles. The Morgan fingerprint density at radius 1 is 1.24 bits per heavy atom. The van der Waals surface area contributed by atoms with Crippen molar-refractivity contribution in [2.75, 3.05) is 11.9 Å². The molecule has 1 unspecified atom stereocenters. The van der Waals surface area contributed by atoms with E-state index in [4.69, 9.17) is 20.8 Å². The van der Waals surface area contributed by atoms with E-state index < -0.39 is 20.0 Å². The van der Waals surface area contributed by atoms with E-state index in [1.807, 2.05) is 0 Å². The number of rotatable bonds is 6. The predicted octanol–water partition coefficient (Wildman–Crippen LogP) is 5.74. The third-order valence-electron chi connectivity index (χ3n) is 6.29. The number of aromatic nitrogens is 3. The first-order valence-corrected chi connectivity index (χ1v) is 14.5. The molecule has 1 aliphatic carbocycles. The molecule has 10 heteroatoms. The lowest BCUT2D eigenvalue weighted by Gasteiger charge is -2.36. The van der Waals surface area contributed by atoms with Crippen LogP contribution >= 0.6 is 11.6 Å². The lowest BCUT2D eigenvalue weighted by molar-refractivity contribution is 0.0587. The van der Waals surface area contributed by atoms with E-state index in [0.717, 1.165) is 6.42 Å². The van der Waals surface area contributed by atoms with E-state index in [1.165, 1.54) is 21.7 Å².